The molecule has 0 bridgehead atoms. The van der Waals surface area contributed by atoms with Crippen LogP contribution in [0.15, 0.2) is 32.9 Å². The van der Waals surface area contributed by atoms with Gasteiger partial charge >= 0.3 is 0 Å². The Morgan fingerprint density at radius 2 is 2.00 bits per heavy atom. The molecule has 0 saturated carbocycles. The Kier molecular flexibility index (Phi) is 2.59. The lowest BCUT2D eigenvalue weighted by molar-refractivity contribution is 0.611. The maximum Gasteiger partial charge on any atom is 0.270 e. The van der Waals surface area contributed by atoms with Crippen molar-refractivity contribution in [3.63, 3.8) is 0 Å². The molecule has 2 nitrogen and oxygen atoms in total. The molecule has 74 valence electrons. The molecule has 0 fully saturated rings. The average Bonchev–Trinajstić information content (AvgIpc) is 2.45. The molecule has 14 heavy (non-hydrogen) atoms. The maximum absolute atomic E-state index is 11.1. The van der Waals surface area contributed by atoms with Gasteiger partial charge in [0.1, 0.15) is 4.21 Å². The van der Waals surface area contributed by atoms with Crippen LogP contribution in [0.25, 0.3) is 10.1 Å². The van der Waals surface area contributed by atoms with Crippen molar-refractivity contribution in [2.24, 2.45) is 0 Å². The molecule has 0 aliphatic heterocycles. The van der Waals surface area contributed by atoms with Crippen LogP contribution in [0.1, 0.15) is 0 Å². The second-order valence-corrected chi connectivity index (χ2v) is 7.48. The Morgan fingerprint density at radius 1 is 1.29 bits per heavy atom. The molecule has 0 radical (unpaired) electrons. The fraction of sp³-hybridized carbons (Fsp3) is 0. The number of hydrogen-bond acceptors (Lipinski definition) is 3. The van der Waals surface area contributed by atoms with Crippen molar-refractivity contribution in [1.82, 2.24) is 0 Å². The lowest BCUT2D eigenvalue weighted by atomic mass is 10.3. The lowest BCUT2D eigenvalue weighted by Crippen LogP contribution is -1.83. The van der Waals surface area contributed by atoms with E-state index in [-0.39, 0.29) is 4.21 Å². The summed E-state index contributed by atoms with van der Waals surface area (Å²) in [7, 11) is 1.64. The Morgan fingerprint density at radius 3 is 2.64 bits per heavy atom. The third kappa shape index (κ3) is 1.95. The van der Waals surface area contributed by atoms with Crippen LogP contribution in [0.5, 0.6) is 0 Å². The van der Waals surface area contributed by atoms with Crippen molar-refractivity contribution in [3.8, 4) is 0 Å². The van der Waals surface area contributed by atoms with Crippen LogP contribution in [-0.2, 0) is 9.05 Å². The van der Waals surface area contributed by atoms with Gasteiger partial charge in [0.25, 0.3) is 9.05 Å². The van der Waals surface area contributed by atoms with Gasteiger partial charge in [-0.25, -0.2) is 8.42 Å². The van der Waals surface area contributed by atoms with Gasteiger partial charge in [-0.15, -0.1) is 11.3 Å². The van der Waals surface area contributed by atoms with E-state index in [0.29, 0.717) is 0 Å². The van der Waals surface area contributed by atoms with E-state index >= 15 is 0 Å². The summed E-state index contributed by atoms with van der Waals surface area (Å²) >= 11 is 4.48. The van der Waals surface area contributed by atoms with E-state index in [1.165, 1.54) is 11.3 Å². The standard InChI is InChI=1S/C8H4BrClO2S2/c9-6-2-1-5-3-8(14(10,11)12)13-7(5)4-6/h1-4H. The van der Waals surface area contributed by atoms with Crippen molar-refractivity contribution < 1.29 is 8.42 Å². The molecular weight excluding hydrogens is 308 g/mol. The monoisotopic (exact) mass is 310 g/mol. The Bertz CT molecular complexity index is 588. The van der Waals surface area contributed by atoms with E-state index in [1.807, 2.05) is 18.2 Å². The highest BCUT2D eigenvalue weighted by atomic mass is 79.9. The average molecular weight is 312 g/mol. The summed E-state index contributed by atoms with van der Waals surface area (Å²) in [6.07, 6.45) is 0. The van der Waals surface area contributed by atoms with Crippen molar-refractivity contribution in [2.45, 2.75) is 4.21 Å². The van der Waals surface area contributed by atoms with E-state index < -0.39 is 9.05 Å². The fourth-order valence-electron chi connectivity index (χ4n) is 1.10. The van der Waals surface area contributed by atoms with Crippen molar-refractivity contribution in [2.75, 3.05) is 0 Å². The molecule has 1 aromatic carbocycles. The zero-order chi connectivity index (χ0) is 10.3. The number of benzene rings is 1. The summed E-state index contributed by atoms with van der Waals surface area (Å²) in [5, 5.41) is 0.887. The van der Waals surface area contributed by atoms with Gasteiger partial charge in [0, 0.05) is 19.9 Å². The Balaban J connectivity index is 2.75. The predicted molar refractivity (Wildman–Crippen MR) is 62.6 cm³/mol. The minimum absolute atomic E-state index is 0.187. The highest BCUT2D eigenvalue weighted by Crippen LogP contribution is 2.32. The molecule has 0 spiro atoms. The lowest BCUT2D eigenvalue weighted by Gasteiger charge is -1.88. The van der Waals surface area contributed by atoms with E-state index in [9.17, 15) is 8.42 Å². The van der Waals surface area contributed by atoms with Crippen LogP contribution in [0.3, 0.4) is 0 Å². The van der Waals surface area contributed by atoms with Gasteiger partial charge in [0.05, 0.1) is 0 Å². The van der Waals surface area contributed by atoms with E-state index in [0.717, 1.165) is 14.6 Å². The molecule has 2 rings (SSSR count). The van der Waals surface area contributed by atoms with E-state index in [4.69, 9.17) is 10.7 Å². The van der Waals surface area contributed by atoms with Crippen LogP contribution in [-0.4, -0.2) is 8.42 Å². The van der Waals surface area contributed by atoms with Crippen LogP contribution < -0.4 is 0 Å². The summed E-state index contributed by atoms with van der Waals surface area (Å²) in [6.45, 7) is 0. The first-order valence-electron chi connectivity index (χ1n) is 3.60. The number of fused-ring (bicyclic) bond motifs is 1. The minimum atomic E-state index is -3.60. The predicted octanol–water partition coefficient (Wildman–Crippen LogP) is 3.59. The fourth-order valence-corrected chi connectivity index (χ4v) is 3.80. The second kappa shape index (κ2) is 3.48. The first kappa shape index (κ1) is 10.4. The van der Waals surface area contributed by atoms with Gasteiger partial charge in [-0.2, -0.15) is 0 Å². The number of hydrogen-bond donors (Lipinski definition) is 0. The van der Waals surface area contributed by atoms with Gasteiger partial charge in [-0.1, -0.05) is 22.0 Å². The Labute approximate surface area is 98.1 Å². The molecule has 0 amide bonds. The topological polar surface area (TPSA) is 34.1 Å². The number of thiophene rings is 1. The summed E-state index contributed by atoms with van der Waals surface area (Å²) in [5.74, 6) is 0. The van der Waals surface area contributed by atoms with Crippen molar-refractivity contribution in [3.05, 3.63) is 28.7 Å². The molecule has 6 heteroatoms. The van der Waals surface area contributed by atoms with Crippen LogP contribution in [0.4, 0.5) is 0 Å². The first-order chi connectivity index (χ1) is 6.47. The summed E-state index contributed by atoms with van der Waals surface area (Å²) in [5.41, 5.74) is 0. The van der Waals surface area contributed by atoms with Gasteiger partial charge in [-0.3, -0.25) is 0 Å². The van der Waals surface area contributed by atoms with Crippen LogP contribution in [0.2, 0.25) is 0 Å². The zero-order valence-corrected chi connectivity index (χ0v) is 10.7. The Hall–Kier alpha value is -0.100. The summed E-state index contributed by atoms with van der Waals surface area (Å²) in [6, 6.07) is 7.15. The normalized spacial score (nSPS) is 12.1. The highest BCUT2D eigenvalue weighted by molar-refractivity contribution is 9.10. The van der Waals surface area contributed by atoms with E-state index in [1.54, 1.807) is 6.07 Å². The van der Waals surface area contributed by atoms with E-state index in [2.05, 4.69) is 15.9 Å². The minimum Gasteiger partial charge on any atom is -0.206 e. The molecule has 0 saturated heterocycles. The maximum atomic E-state index is 11.1. The van der Waals surface area contributed by atoms with Crippen LogP contribution in [0, 0.1) is 0 Å². The third-order valence-corrected chi connectivity index (χ3v) is 5.37. The van der Waals surface area contributed by atoms with Crippen molar-refractivity contribution in [1.29, 1.82) is 0 Å². The first-order valence-corrected chi connectivity index (χ1v) is 7.52. The number of rotatable bonds is 1. The SMILES string of the molecule is O=S(=O)(Cl)c1cc2ccc(Br)cc2s1. The molecule has 0 atom stereocenters. The summed E-state index contributed by atoms with van der Waals surface area (Å²) < 4.78 is 24.1. The molecule has 0 N–H and O–H groups in total. The smallest absolute Gasteiger partial charge is 0.206 e. The molecule has 0 aliphatic carbocycles. The van der Waals surface area contributed by atoms with Crippen molar-refractivity contribution >= 4 is 57.1 Å². The number of halogens is 2. The second-order valence-electron chi connectivity index (χ2n) is 2.69. The molecule has 1 aromatic heterocycles. The molecule has 2 aromatic rings. The molecular formula is C8H4BrClO2S2. The van der Waals surface area contributed by atoms with Gasteiger partial charge in [0.2, 0.25) is 0 Å². The highest BCUT2D eigenvalue weighted by Gasteiger charge is 2.13. The molecule has 1 heterocycles. The largest absolute Gasteiger partial charge is 0.270 e. The van der Waals surface area contributed by atoms with Crippen LogP contribution >= 0.6 is 37.9 Å². The molecule has 0 unspecified atom stereocenters. The van der Waals surface area contributed by atoms with Gasteiger partial charge in [-0.05, 0) is 23.6 Å². The van der Waals surface area contributed by atoms with Gasteiger partial charge < -0.3 is 0 Å². The molecule has 0 aliphatic rings. The van der Waals surface area contributed by atoms with Gasteiger partial charge in [0.15, 0.2) is 0 Å². The zero-order valence-electron chi connectivity index (χ0n) is 6.70. The quantitative estimate of drug-likeness (QED) is 0.754. The third-order valence-electron chi connectivity index (χ3n) is 1.70. The summed E-state index contributed by atoms with van der Waals surface area (Å²) in [4.78, 5) is 0.